The van der Waals surface area contributed by atoms with Crippen molar-refractivity contribution >= 4 is 23.2 Å². The van der Waals surface area contributed by atoms with Gasteiger partial charge in [-0.2, -0.15) is 0 Å². The monoisotopic (exact) mass is 500 g/mol. The molecule has 0 aliphatic rings. The van der Waals surface area contributed by atoms with Crippen LogP contribution in [0.3, 0.4) is 0 Å². The molecule has 0 fully saturated rings. The highest BCUT2D eigenvalue weighted by atomic mass is 32.1. The molecule has 0 atom stereocenters. The van der Waals surface area contributed by atoms with E-state index >= 15 is 0 Å². The first-order chi connectivity index (χ1) is 16.9. The van der Waals surface area contributed by atoms with Crippen molar-refractivity contribution in [1.29, 1.82) is 0 Å². The van der Waals surface area contributed by atoms with E-state index in [1.807, 2.05) is 28.5 Å². The first kappa shape index (κ1) is 28.4. The lowest BCUT2D eigenvalue weighted by atomic mass is 10.1. The lowest BCUT2D eigenvalue weighted by molar-refractivity contribution is -0.140. The van der Waals surface area contributed by atoms with Crippen LogP contribution in [0.1, 0.15) is 55.0 Å². The van der Waals surface area contributed by atoms with Crippen molar-refractivity contribution in [2.24, 2.45) is 0 Å². The van der Waals surface area contributed by atoms with Crippen molar-refractivity contribution in [3.8, 4) is 11.5 Å². The molecule has 0 aliphatic carbocycles. The molecule has 2 aromatic rings. The number of amides is 2. The van der Waals surface area contributed by atoms with Crippen LogP contribution in [0.5, 0.6) is 11.5 Å². The Hall–Kier alpha value is -2.80. The summed E-state index contributed by atoms with van der Waals surface area (Å²) in [7, 11) is 3.23. The molecule has 6 nitrogen and oxygen atoms in total. The fourth-order valence-corrected chi connectivity index (χ4v) is 4.79. The minimum absolute atomic E-state index is 0.0153. The van der Waals surface area contributed by atoms with E-state index in [0.717, 1.165) is 36.1 Å². The maximum atomic E-state index is 13.4. The molecular weight excluding hydrogens is 460 g/mol. The second-order valence-electron chi connectivity index (χ2n) is 8.66. The van der Waals surface area contributed by atoms with Crippen molar-refractivity contribution in [3.63, 3.8) is 0 Å². The molecule has 35 heavy (non-hydrogen) atoms. The molecule has 2 rings (SSSR count). The molecule has 0 bridgehead atoms. The fraction of sp³-hybridized carbons (Fsp3) is 0.500. The van der Waals surface area contributed by atoms with Crippen molar-refractivity contribution in [2.75, 3.05) is 33.9 Å². The van der Waals surface area contributed by atoms with Gasteiger partial charge in [-0.15, -0.1) is 17.9 Å². The standard InChI is InChI=1S/C28H40N2O4S/c1-6-8-9-10-11-27(31)29(16-7-2)21-28(32)30(20-26-22(3)15-18-35-26)17-14-23-12-13-24(33-4)25(19-23)34-5/h7,12-13,15,18-19H,2,6,8-11,14,16-17,20-21H2,1,3-5H3. The molecule has 0 spiro atoms. The van der Waals surface area contributed by atoms with Crippen LogP contribution in [-0.4, -0.2) is 55.5 Å². The molecule has 0 aliphatic heterocycles. The number of carbonyl (C=O) groups excluding carboxylic acids is 2. The summed E-state index contributed by atoms with van der Waals surface area (Å²) < 4.78 is 10.8. The average Bonchev–Trinajstić information content (AvgIpc) is 3.27. The van der Waals surface area contributed by atoms with E-state index in [2.05, 4.69) is 26.5 Å². The van der Waals surface area contributed by atoms with Gasteiger partial charge in [0.15, 0.2) is 11.5 Å². The number of hydrogen-bond acceptors (Lipinski definition) is 5. The summed E-state index contributed by atoms with van der Waals surface area (Å²) in [5.41, 5.74) is 2.23. The van der Waals surface area contributed by atoms with Crippen molar-refractivity contribution in [3.05, 3.63) is 58.3 Å². The van der Waals surface area contributed by atoms with Gasteiger partial charge in [0.1, 0.15) is 6.54 Å². The minimum atomic E-state index is -0.0537. The van der Waals surface area contributed by atoms with E-state index in [1.165, 1.54) is 5.56 Å². The van der Waals surface area contributed by atoms with Crippen LogP contribution in [-0.2, 0) is 22.6 Å². The van der Waals surface area contributed by atoms with Crippen LogP contribution in [0.4, 0.5) is 0 Å². The first-order valence-corrected chi connectivity index (χ1v) is 13.2. The van der Waals surface area contributed by atoms with Crippen LogP contribution < -0.4 is 9.47 Å². The van der Waals surface area contributed by atoms with Crippen molar-refractivity contribution in [2.45, 2.75) is 58.9 Å². The molecule has 1 aromatic carbocycles. The Labute approximate surface area is 214 Å². The van der Waals surface area contributed by atoms with Gasteiger partial charge < -0.3 is 19.3 Å². The van der Waals surface area contributed by atoms with Gasteiger partial charge in [0.05, 0.1) is 20.8 Å². The van der Waals surface area contributed by atoms with Crippen LogP contribution >= 0.6 is 11.3 Å². The van der Waals surface area contributed by atoms with E-state index in [0.29, 0.717) is 44.0 Å². The zero-order valence-electron chi connectivity index (χ0n) is 21.7. The summed E-state index contributed by atoms with van der Waals surface area (Å²) >= 11 is 1.65. The minimum Gasteiger partial charge on any atom is -0.493 e. The molecule has 7 heteroatoms. The van der Waals surface area contributed by atoms with Crippen LogP contribution in [0.15, 0.2) is 42.3 Å². The predicted octanol–water partition coefficient (Wildman–Crippen LogP) is 5.63. The smallest absolute Gasteiger partial charge is 0.242 e. The molecule has 0 saturated heterocycles. The summed E-state index contributed by atoms with van der Waals surface area (Å²) in [4.78, 5) is 30.9. The molecule has 0 saturated carbocycles. The Morgan fingerprint density at radius 1 is 1.03 bits per heavy atom. The average molecular weight is 501 g/mol. The van der Waals surface area contributed by atoms with Crippen LogP contribution in [0, 0.1) is 6.92 Å². The molecule has 2 amide bonds. The third-order valence-corrected chi connectivity index (χ3v) is 7.05. The Morgan fingerprint density at radius 2 is 1.80 bits per heavy atom. The lowest BCUT2D eigenvalue weighted by Gasteiger charge is -2.27. The summed E-state index contributed by atoms with van der Waals surface area (Å²) in [5, 5.41) is 2.05. The number of carbonyl (C=O) groups is 2. The topological polar surface area (TPSA) is 59.1 Å². The Balaban J connectivity index is 2.12. The predicted molar refractivity (Wildman–Crippen MR) is 143 cm³/mol. The number of ether oxygens (including phenoxy) is 2. The number of thiophene rings is 1. The van der Waals surface area contributed by atoms with E-state index in [-0.39, 0.29) is 18.4 Å². The second kappa shape index (κ2) is 15.2. The maximum absolute atomic E-state index is 13.4. The number of hydrogen-bond donors (Lipinski definition) is 0. The Kier molecular flexibility index (Phi) is 12.4. The lowest BCUT2D eigenvalue weighted by Crippen LogP contribution is -2.43. The maximum Gasteiger partial charge on any atom is 0.242 e. The Morgan fingerprint density at radius 3 is 2.43 bits per heavy atom. The molecule has 192 valence electrons. The summed E-state index contributed by atoms with van der Waals surface area (Å²) in [6.07, 6.45) is 6.96. The van der Waals surface area contributed by atoms with Crippen LogP contribution in [0.25, 0.3) is 0 Å². The molecule has 1 aromatic heterocycles. The van der Waals surface area contributed by atoms with E-state index in [9.17, 15) is 9.59 Å². The van der Waals surface area contributed by atoms with Gasteiger partial charge in [-0.05, 0) is 54.5 Å². The Bertz CT molecular complexity index is 956. The van der Waals surface area contributed by atoms with E-state index in [1.54, 1.807) is 36.5 Å². The molecule has 1 heterocycles. The van der Waals surface area contributed by atoms with Gasteiger partial charge in [0.25, 0.3) is 0 Å². The first-order valence-electron chi connectivity index (χ1n) is 12.3. The van der Waals surface area contributed by atoms with Gasteiger partial charge in [0.2, 0.25) is 11.8 Å². The van der Waals surface area contributed by atoms with Gasteiger partial charge in [-0.1, -0.05) is 38.3 Å². The number of benzene rings is 1. The van der Waals surface area contributed by atoms with Gasteiger partial charge >= 0.3 is 0 Å². The highest BCUT2D eigenvalue weighted by Gasteiger charge is 2.21. The quantitative estimate of drug-likeness (QED) is 0.221. The normalized spacial score (nSPS) is 10.6. The molecule has 0 radical (unpaired) electrons. The largest absolute Gasteiger partial charge is 0.493 e. The highest BCUT2D eigenvalue weighted by Crippen LogP contribution is 2.28. The fourth-order valence-electron chi connectivity index (χ4n) is 3.87. The van der Waals surface area contributed by atoms with Gasteiger partial charge in [0, 0.05) is 24.4 Å². The zero-order valence-corrected chi connectivity index (χ0v) is 22.5. The number of nitrogens with zero attached hydrogens (tertiary/aromatic N) is 2. The SMILES string of the molecule is C=CCN(CC(=O)N(CCc1ccc(OC)c(OC)c1)Cc1sccc1C)C(=O)CCCCCC. The molecule has 0 unspecified atom stereocenters. The summed E-state index contributed by atoms with van der Waals surface area (Å²) in [6.45, 7) is 9.51. The van der Waals surface area contributed by atoms with E-state index in [4.69, 9.17) is 9.47 Å². The molecule has 0 N–H and O–H groups in total. The number of rotatable bonds is 16. The molecular formula is C28H40N2O4S. The second-order valence-corrected chi connectivity index (χ2v) is 9.66. The van der Waals surface area contributed by atoms with Crippen molar-refractivity contribution in [1.82, 2.24) is 9.80 Å². The highest BCUT2D eigenvalue weighted by molar-refractivity contribution is 7.10. The number of unbranched alkanes of at least 4 members (excludes halogenated alkanes) is 3. The van der Waals surface area contributed by atoms with Crippen LogP contribution in [0.2, 0.25) is 0 Å². The summed E-state index contributed by atoms with van der Waals surface area (Å²) in [5.74, 6) is 1.31. The van der Waals surface area contributed by atoms with Gasteiger partial charge in [-0.25, -0.2) is 0 Å². The third kappa shape index (κ3) is 9.06. The van der Waals surface area contributed by atoms with Crippen molar-refractivity contribution < 1.29 is 19.1 Å². The number of methoxy groups -OCH3 is 2. The number of aryl methyl sites for hydroxylation is 1. The zero-order chi connectivity index (χ0) is 25.6. The van der Waals surface area contributed by atoms with E-state index < -0.39 is 0 Å². The van der Waals surface area contributed by atoms with Gasteiger partial charge in [-0.3, -0.25) is 9.59 Å². The summed E-state index contributed by atoms with van der Waals surface area (Å²) in [6, 6.07) is 7.89. The third-order valence-electron chi connectivity index (χ3n) is 6.05.